The topological polar surface area (TPSA) is 56.8 Å². The highest BCUT2D eigenvalue weighted by Gasteiger charge is 2.17. The van der Waals surface area contributed by atoms with Crippen molar-refractivity contribution in [3.63, 3.8) is 0 Å². The minimum atomic E-state index is -0.113. The third kappa shape index (κ3) is 3.87. The van der Waals surface area contributed by atoms with Gasteiger partial charge >= 0.3 is 0 Å². The monoisotopic (exact) mass is 343 g/mol. The molecular formula is C20H25NO4. The van der Waals surface area contributed by atoms with Gasteiger partial charge in [-0.1, -0.05) is 6.07 Å². The highest BCUT2D eigenvalue weighted by atomic mass is 16.5. The molecule has 0 fully saturated rings. The quantitative estimate of drug-likeness (QED) is 0.871. The van der Waals surface area contributed by atoms with Crippen molar-refractivity contribution in [3.05, 3.63) is 52.1 Å². The number of benzene rings is 2. The lowest BCUT2D eigenvalue weighted by Gasteiger charge is -2.16. The van der Waals surface area contributed by atoms with Gasteiger partial charge < -0.3 is 19.5 Å². The highest BCUT2D eigenvalue weighted by Crippen LogP contribution is 2.39. The van der Waals surface area contributed by atoms with Crippen LogP contribution in [0.4, 0.5) is 0 Å². The Labute approximate surface area is 148 Å². The average Bonchev–Trinajstić information content (AvgIpc) is 2.61. The fourth-order valence-corrected chi connectivity index (χ4v) is 2.78. The lowest BCUT2D eigenvalue weighted by atomic mass is 10.0. The van der Waals surface area contributed by atoms with Crippen LogP contribution in [-0.2, 0) is 6.54 Å². The number of ether oxygens (including phenoxy) is 3. The normalized spacial score (nSPS) is 10.3. The van der Waals surface area contributed by atoms with Gasteiger partial charge in [-0.15, -0.1) is 0 Å². The predicted molar refractivity (Wildman–Crippen MR) is 97.9 cm³/mol. The van der Waals surface area contributed by atoms with Crippen LogP contribution in [0.15, 0.2) is 24.3 Å². The fourth-order valence-electron chi connectivity index (χ4n) is 2.78. The van der Waals surface area contributed by atoms with Crippen LogP contribution in [0.1, 0.15) is 32.6 Å². The number of hydrogen-bond acceptors (Lipinski definition) is 4. The zero-order valence-electron chi connectivity index (χ0n) is 15.6. The summed E-state index contributed by atoms with van der Waals surface area (Å²) in [5.41, 5.74) is 4.73. The van der Waals surface area contributed by atoms with Crippen LogP contribution in [0.3, 0.4) is 0 Å². The number of aryl methyl sites for hydroxylation is 3. The minimum absolute atomic E-state index is 0.113. The Bertz CT molecular complexity index is 784. The van der Waals surface area contributed by atoms with Crippen molar-refractivity contribution in [2.24, 2.45) is 0 Å². The van der Waals surface area contributed by atoms with Crippen LogP contribution in [0.25, 0.3) is 0 Å². The van der Waals surface area contributed by atoms with E-state index in [2.05, 4.69) is 5.32 Å². The van der Waals surface area contributed by atoms with E-state index in [-0.39, 0.29) is 5.91 Å². The standard InChI is InChI=1S/C20H25NO4/c1-12-9-14(3)16(10-13(12)2)20(22)21-11-15-7-8-17(23-4)19(25-6)18(15)24-5/h7-10H,11H2,1-6H3,(H,21,22). The second kappa shape index (κ2) is 7.92. The molecule has 0 unspecified atom stereocenters. The molecular weight excluding hydrogens is 318 g/mol. The molecule has 0 aliphatic heterocycles. The zero-order chi connectivity index (χ0) is 18.6. The SMILES string of the molecule is COc1ccc(CNC(=O)c2cc(C)c(C)cc2C)c(OC)c1OC. The summed E-state index contributed by atoms with van der Waals surface area (Å²) in [4.78, 5) is 12.6. The zero-order valence-corrected chi connectivity index (χ0v) is 15.6. The van der Waals surface area contributed by atoms with Crippen molar-refractivity contribution < 1.29 is 19.0 Å². The Kier molecular flexibility index (Phi) is 5.91. The molecule has 5 nitrogen and oxygen atoms in total. The van der Waals surface area contributed by atoms with Crippen LogP contribution in [-0.4, -0.2) is 27.2 Å². The molecule has 1 N–H and O–H groups in total. The molecule has 0 aliphatic carbocycles. The van der Waals surface area contributed by atoms with E-state index in [9.17, 15) is 4.79 Å². The number of hydrogen-bond donors (Lipinski definition) is 1. The summed E-state index contributed by atoms with van der Waals surface area (Å²) in [5.74, 6) is 1.54. The molecule has 0 heterocycles. The van der Waals surface area contributed by atoms with Crippen molar-refractivity contribution in [3.8, 4) is 17.2 Å². The number of carbonyl (C=O) groups is 1. The van der Waals surface area contributed by atoms with Gasteiger partial charge in [-0.25, -0.2) is 0 Å². The van der Waals surface area contributed by atoms with Crippen molar-refractivity contribution in [2.45, 2.75) is 27.3 Å². The molecule has 1 amide bonds. The maximum atomic E-state index is 12.6. The van der Waals surface area contributed by atoms with Gasteiger partial charge in [0.15, 0.2) is 11.5 Å². The van der Waals surface area contributed by atoms with Crippen LogP contribution >= 0.6 is 0 Å². The Morgan fingerprint density at radius 3 is 2.12 bits per heavy atom. The molecule has 2 aromatic rings. The number of carbonyl (C=O) groups excluding carboxylic acids is 1. The van der Waals surface area contributed by atoms with Gasteiger partial charge in [0.05, 0.1) is 21.3 Å². The number of methoxy groups -OCH3 is 3. The van der Waals surface area contributed by atoms with E-state index >= 15 is 0 Å². The van der Waals surface area contributed by atoms with Crippen LogP contribution in [0, 0.1) is 20.8 Å². The van der Waals surface area contributed by atoms with Gasteiger partial charge in [0.1, 0.15) is 0 Å². The largest absolute Gasteiger partial charge is 0.493 e. The lowest BCUT2D eigenvalue weighted by Crippen LogP contribution is -2.24. The van der Waals surface area contributed by atoms with E-state index in [0.717, 1.165) is 16.7 Å². The molecule has 0 bridgehead atoms. The molecule has 0 saturated carbocycles. The Morgan fingerprint density at radius 2 is 1.52 bits per heavy atom. The van der Waals surface area contributed by atoms with Crippen LogP contribution < -0.4 is 19.5 Å². The third-order valence-corrected chi connectivity index (χ3v) is 4.31. The van der Waals surface area contributed by atoms with E-state index in [1.807, 2.05) is 39.0 Å². The van der Waals surface area contributed by atoms with E-state index < -0.39 is 0 Å². The van der Waals surface area contributed by atoms with Crippen LogP contribution in [0.5, 0.6) is 17.2 Å². The predicted octanol–water partition coefficient (Wildman–Crippen LogP) is 3.57. The molecule has 0 aliphatic rings. The third-order valence-electron chi connectivity index (χ3n) is 4.31. The molecule has 5 heteroatoms. The smallest absolute Gasteiger partial charge is 0.251 e. The maximum Gasteiger partial charge on any atom is 0.251 e. The van der Waals surface area contributed by atoms with Crippen LogP contribution in [0.2, 0.25) is 0 Å². The van der Waals surface area contributed by atoms with Crippen molar-refractivity contribution >= 4 is 5.91 Å². The molecule has 0 aromatic heterocycles. The number of amides is 1. The number of nitrogens with one attached hydrogen (secondary N) is 1. The summed E-state index contributed by atoms with van der Waals surface area (Å²) in [7, 11) is 4.69. The summed E-state index contributed by atoms with van der Waals surface area (Å²) < 4.78 is 16.1. The van der Waals surface area contributed by atoms with E-state index in [1.54, 1.807) is 27.4 Å². The summed E-state index contributed by atoms with van der Waals surface area (Å²) in [6, 6.07) is 7.60. The molecule has 2 rings (SSSR count). The first-order valence-electron chi connectivity index (χ1n) is 8.06. The van der Waals surface area contributed by atoms with Gasteiger partial charge in [0, 0.05) is 17.7 Å². The molecule has 2 aromatic carbocycles. The minimum Gasteiger partial charge on any atom is -0.493 e. The Morgan fingerprint density at radius 1 is 0.880 bits per heavy atom. The van der Waals surface area contributed by atoms with E-state index in [1.165, 1.54) is 5.56 Å². The number of rotatable bonds is 6. The highest BCUT2D eigenvalue weighted by molar-refractivity contribution is 5.96. The molecule has 25 heavy (non-hydrogen) atoms. The van der Waals surface area contributed by atoms with Gasteiger partial charge in [-0.2, -0.15) is 0 Å². The van der Waals surface area contributed by atoms with Gasteiger partial charge in [0.2, 0.25) is 5.75 Å². The average molecular weight is 343 g/mol. The molecule has 0 radical (unpaired) electrons. The second-order valence-corrected chi connectivity index (χ2v) is 5.93. The van der Waals surface area contributed by atoms with E-state index in [0.29, 0.717) is 29.4 Å². The van der Waals surface area contributed by atoms with Gasteiger partial charge in [-0.05, 0) is 55.7 Å². The maximum absolute atomic E-state index is 12.6. The van der Waals surface area contributed by atoms with E-state index in [4.69, 9.17) is 14.2 Å². The fraction of sp³-hybridized carbons (Fsp3) is 0.350. The molecule has 0 saturated heterocycles. The lowest BCUT2D eigenvalue weighted by molar-refractivity contribution is 0.0950. The van der Waals surface area contributed by atoms with Gasteiger partial charge in [0.25, 0.3) is 5.91 Å². The Hall–Kier alpha value is -2.69. The Balaban J connectivity index is 2.24. The van der Waals surface area contributed by atoms with Gasteiger partial charge in [-0.3, -0.25) is 4.79 Å². The second-order valence-electron chi connectivity index (χ2n) is 5.93. The summed E-state index contributed by atoms with van der Waals surface area (Å²) in [6.07, 6.45) is 0. The molecule has 0 atom stereocenters. The molecule has 0 spiro atoms. The first-order valence-corrected chi connectivity index (χ1v) is 8.06. The van der Waals surface area contributed by atoms with Crippen molar-refractivity contribution in [1.82, 2.24) is 5.32 Å². The summed E-state index contributed by atoms with van der Waals surface area (Å²) >= 11 is 0. The summed E-state index contributed by atoms with van der Waals surface area (Å²) in [6.45, 7) is 6.31. The van der Waals surface area contributed by atoms with Crippen molar-refractivity contribution in [2.75, 3.05) is 21.3 Å². The first kappa shape index (κ1) is 18.6. The first-order chi connectivity index (χ1) is 11.9. The summed E-state index contributed by atoms with van der Waals surface area (Å²) in [5, 5.41) is 2.95. The van der Waals surface area contributed by atoms with Crippen molar-refractivity contribution in [1.29, 1.82) is 0 Å². The molecule has 134 valence electrons.